The summed E-state index contributed by atoms with van der Waals surface area (Å²) >= 11 is 0. The zero-order chi connectivity index (χ0) is 18.3. The van der Waals surface area contributed by atoms with Crippen LogP contribution in [0.4, 0.5) is 0 Å². The summed E-state index contributed by atoms with van der Waals surface area (Å²) in [6, 6.07) is 0. The Labute approximate surface area is 150 Å². The first kappa shape index (κ1) is 17.5. The van der Waals surface area contributed by atoms with Crippen molar-refractivity contribution < 1.29 is 19.4 Å². The van der Waals surface area contributed by atoms with Gasteiger partial charge in [-0.1, -0.05) is 20.3 Å². The van der Waals surface area contributed by atoms with Crippen molar-refractivity contribution in [2.45, 2.75) is 78.2 Å². The van der Waals surface area contributed by atoms with Crippen molar-refractivity contribution in [3.05, 3.63) is 0 Å². The minimum atomic E-state index is -0.624. The van der Waals surface area contributed by atoms with Crippen molar-refractivity contribution >= 4 is 11.8 Å². The number of aliphatic hydroxyl groups is 1. The average molecular weight is 348 g/mol. The number of fused-ring (bicyclic) bond motifs is 2. The van der Waals surface area contributed by atoms with E-state index in [0.29, 0.717) is 18.6 Å². The number of carbonyl (C=O) groups is 2. The Bertz CT molecular complexity index is 629. The fourth-order valence-corrected chi connectivity index (χ4v) is 8.02. The minimum absolute atomic E-state index is 0.0759. The first-order valence-electron chi connectivity index (χ1n) is 9.93. The Hall–Kier alpha value is -0.900. The third-order valence-corrected chi connectivity index (χ3v) is 9.18. The van der Waals surface area contributed by atoms with Gasteiger partial charge in [0.25, 0.3) is 0 Å². The molecule has 1 N–H and O–H groups in total. The van der Waals surface area contributed by atoms with Gasteiger partial charge in [0.2, 0.25) is 0 Å². The van der Waals surface area contributed by atoms with Gasteiger partial charge in [0, 0.05) is 17.8 Å². The van der Waals surface area contributed by atoms with Crippen LogP contribution in [0.3, 0.4) is 0 Å². The molecule has 0 aliphatic heterocycles. The Morgan fingerprint density at radius 3 is 2.56 bits per heavy atom. The molecule has 0 aromatic rings. The lowest BCUT2D eigenvalue weighted by Crippen LogP contribution is -2.65. The van der Waals surface area contributed by atoms with Gasteiger partial charge in [0.05, 0.1) is 18.6 Å². The van der Waals surface area contributed by atoms with Gasteiger partial charge in [0.1, 0.15) is 5.78 Å². The van der Waals surface area contributed by atoms with Crippen LogP contribution in [-0.2, 0) is 14.3 Å². The summed E-state index contributed by atoms with van der Waals surface area (Å²) in [6.45, 7) is 6.46. The van der Waals surface area contributed by atoms with Crippen molar-refractivity contribution in [2.75, 3.05) is 7.11 Å². The third-order valence-electron chi connectivity index (χ3n) is 9.18. The average Bonchev–Trinajstić information content (AvgIpc) is 2.88. The van der Waals surface area contributed by atoms with Crippen LogP contribution in [0.25, 0.3) is 0 Å². The number of hydrogen-bond donors (Lipinski definition) is 1. The molecule has 4 rings (SSSR count). The molecule has 0 radical (unpaired) electrons. The van der Waals surface area contributed by atoms with E-state index in [0.717, 1.165) is 38.5 Å². The molecule has 1 spiro atoms. The van der Waals surface area contributed by atoms with E-state index in [1.807, 2.05) is 6.92 Å². The van der Waals surface area contributed by atoms with Gasteiger partial charge in [-0.3, -0.25) is 9.59 Å². The molecule has 4 aliphatic carbocycles. The van der Waals surface area contributed by atoms with Gasteiger partial charge in [0.15, 0.2) is 0 Å². The standard InChI is InChI=1S/C21H32O4/c1-18-8-9-21(12-18)13(11-15(18)23)10-14(22)16-19(2,17(24)25-4)6-5-7-20(16,21)3/h13-14,16,22H,5-12H2,1-4H3/t13?,14-,16+,18-,19-,20+,21+/m1/s1. The molecule has 0 aromatic heterocycles. The highest BCUT2D eigenvalue weighted by atomic mass is 16.5. The van der Waals surface area contributed by atoms with Gasteiger partial charge in [-0.15, -0.1) is 0 Å². The van der Waals surface area contributed by atoms with Crippen molar-refractivity contribution in [2.24, 2.45) is 33.5 Å². The van der Waals surface area contributed by atoms with Crippen LogP contribution >= 0.6 is 0 Å². The molecular formula is C21H32O4. The highest BCUT2D eigenvalue weighted by molar-refractivity contribution is 5.86. The Kier molecular flexibility index (Phi) is 3.56. The van der Waals surface area contributed by atoms with E-state index < -0.39 is 11.5 Å². The summed E-state index contributed by atoms with van der Waals surface area (Å²) in [5.74, 6) is 0.413. The van der Waals surface area contributed by atoms with E-state index in [1.165, 1.54) is 7.11 Å². The summed E-state index contributed by atoms with van der Waals surface area (Å²) < 4.78 is 5.18. The van der Waals surface area contributed by atoms with E-state index >= 15 is 0 Å². The van der Waals surface area contributed by atoms with Crippen LogP contribution in [-0.4, -0.2) is 30.1 Å². The van der Waals surface area contributed by atoms with Gasteiger partial charge < -0.3 is 9.84 Å². The lowest BCUT2D eigenvalue weighted by molar-refractivity contribution is -0.225. The van der Waals surface area contributed by atoms with Gasteiger partial charge in [-0.05, 0) is 62.2 Å². The zero-order valence-corrected chi connectivity index (χ0v) is 16.1. The number of rotatable bonds is 1. The smallest absolute Gasteiger partial charge is 0.311 e. The second-order valence-electron chi connectivity index (χ2n) is 10.2. The molecule has 4 aliphatic rings. The maximum absolute atomic E-state index is 12.7. The molecule has 25 heavy (non-hydrogen) atoms. The molecule has 4 nitrogen and oxygen atoms in total. The number of aliphatic hydroxyl groups excluding tert-OH is 1. The van der Waals surface area contributed by atoms with Crippen LogP contribution < -0.4 is 0 Å². The molecule has 7 atom stereocenters. The topological polar surface area (TPSA) is 63.6 Å². The molecule has 2 bridgehead atoms. The van der Waals surface area contributed by atoms with Crippen LogP contribution in [0.2, 0.25) is 0 Å². The summed E-state index contributed by atoms with van der Waals surface area (Å²) in [7, 11) is 1.46. The van der Waals surface area contributed by atoms with Crippen molar-refractivity contribution in [3.63, 3.8) is 0 Å². The van der Waals surface area contributed by atoms with Gasteiger partial charge in [-0.25, -0.2) is 0 Å². The Balaban J connectivity index is 1.84. The molecule has 1 unspecified atom stereocenters. The number of carbonyl (C=O) groups excluding carboxylic acids is 2. The van der Waals surface area contributed by atoms with E-state index in [9.17, 15) is 14.7 Å². The minimum Gasteiger partial charge on any atom is -0.469 e. The quantitative estimate of drug-likeness (QED) is 0.737. The van der Waals surface area contributed by atoms with Gasteiger partial charge >= 0.3 is 5.97 Å². The highest BCUT2D eigenvalue weighted by Gasteiger charge is 2.72. The number of ketones is 1. The molecule has 4 heteroatoms. The molecule has 4 fully saturated rings. The van der Waals surface area contributed by atoms with Crippen LogP contribution in [0.15, 0.2) is 0 Å². The first-order valence-corrected chi connectivity index (χ1v) is 9.93. The van der Waals surface area contributed by atoms with Crippen LogP contribution in [0.1, 0.15) is 72.1 Å². The molecule has 4 saturated carbocycles. The van der Waals surface area contributed by atoms with Crippen molar-refractivity contribution in [1.82, 2.24) is 0 Å². The number of hydrogen-bond acceptors (Lipinski definition) is 4. The largest absolute Gasteiger partial charge is 0.469 e. The Morgan fingerprint density at radius 1 is 1.16 bits per heavy atom. The fraction of sp³-hybridized carbons (Fsp3) is 0.905. The van der Waals surface area contributed by atoms with E-state index in [1.54, 1.807) is 0 Å². The van der Waals surface area contributed by atoms with Crippen molar-refractivity contribution in [3.8, 4) is 0 Å². The first-order chi connectivity index (χ1) is 11.6. The lowest BCUT2D eigenvalue weighted by atomic mass is 9.37. The summed E-state index contributed by atoms with van der Waals surface area (Å²) in [6.07, 6.45) is 6.55. The maximum Gasteiger partial charge on any atom is 0.311 e. The van der Waals surface area contributed by atoms with Crippen LogP contribution in [0, 0.1) is 33.5 Å². The highest BCUT2D eigenvalue weighted by Crippen LogP contribution is 2.75. The molecule has 0 saturated heterocycles. The number of Topliss-reactive ketones (excluding diaryl/α,β-unsaturated/α-hetero) is 1. The summed E-state index contributed by atoms with van der Waals surface area (Å²) in [5, 5.41) is 11.1. The fourth-order valence-electron chi connectivity index (χ4n) is 8.02. The van der Waals surface area contributed by atoms with E-state index in [4.69, 9.17) is 4.74 Å². The van der Waals surface area contributed by atoms with E-state index in [-0.39, 0.29) is 34.1 Å². The maximum atomic E-state index is 12.7. The summed E-state index contributed by atoms with van der Waals surface area (Å²) in [4.78, 5) is 25.4. The number of ether oxygens (including phenoxy) is 1. The molecular weight excluding hydrogens is 316 g/mol. The Morgan fingerprint density at radius 2 is 1.88 bits per heavy atom. The predicted molar refractivity (Wildman–Crippen MR) is 93.7 cm³/mol. The third kappa shape index (κ3) is 1.92. The van der Waals surface area contributed by atoms with Crippen LogP contribution in [0.5, 0.6) is 0 Å². The number of esters is 1. The monoisotopic (exact) mass is 348 g/mol. The molecule has 0 amide bonds. The summed E-state index contributed by atoms with van der Waals surface area (Å²) in [5.41, 5.74) is -0.822. The normalized spacial score (nSPS) is 54.6. The lowest BCUT2D eigenvalue weighted by Gasteiger charge is -2.67. The SMILES string of the molecule is COC(=O)[C@]1(C)CCC[C@@]2(C)[C@H]1[C@H](O)CC1CC(=O)[C@]3(C)CC[C@]12C3. The van der Waals surface area contributed by atoms with Crippen molar-refractivity contribution in [1.29, 1.82) is 0 Å². The second kappa shape index (κ2) is 5.09. The molecule has 140 valence electrons. The van der Waals surface area contributed by atoms with E-state index in [2.05, 4.69) is 13.8 Å². The second-order valence-corrected chi connectivity index (χ2v) is 10.2. The number of methoxy groups -OCH3 is 1. The predicted octanol–water partition coefficient (Wildman–Crippen LogP) is 3.50. The van der Waals surface area contributed by atoms with Gasteiger partial charge in [-0.2, -0.15) is 0 Å². The molecule has 0 aromatic carbocycles. The molecule has 0 heterocycles. The zero-order valence-electron chi connectivity index (χ0n) is 16.1.